The summed E-state index contributed by atoms with van der Waals surface area (Å²) >= 11 is 0. The number of carboxylic acids is 1. The molecule has 7 heteroatoms. The van der Waals surface area contributed by atoms with Gasteiger partial charge in [0.05, 0.1) is 5.92 Å². The van der Waals surface area contributed by atoms with Crippen molar-refractivity contribution < 1.29 is 19.5 Å². The molecule has 0 spiro atoms. The Morgan fingerprint density at radius 1 is 1.07 bits per heavy atom. The van der Waals surface area contributed by atoms with Crippen LogP contribution in [0, 0.1) is 12.8 Å². The minimum absolute atomic E-state index is 0.0879. The summed E-state index contributed by atoms with van der Waals surface area (Å²) in [7, 11) is 1.53. The van der Waals surface area contributed by atoms with Gasteiger partial charge in [0, 0.05) is 30.5 Å². The molecule has 3 N–H and O–H groups in total. The fourth-order valence-corrected chi connectivity index (χ4v) is 2.41. The van der Waals surface area contributed by atoms with Crippen LogP contribution in [0.4, 0.5) is 16.2 Å². The predicted molar refractivity (Wildman–Crippen MR) is 104 cm³/mol. The average Bonchev–Trinajstić information content (AvgIpc) is 2.64. The fraction of sp³-hybridized carbons (Fsp3) is 0.250. The molecule has 0 fully saturated rings. The highest BCUT2D eigenvalue weighted by molar-refractivity contribution is 6.04. The highest BCUT2D eigenvalue weighted by atomic mass is 16.4. The van der Waals surface area contributed by atoms with Crippen molar-refractivity contribution in [2.75, 3.05) is 24.2 Å². The van der Waals surface area contributed by atoms with E-state index in [4.69, 9.17) is 5.11 Å². The number of carbonyl (C=O) groups is 3. The average molecular weight is 369 g/mol. The molecular weight excluding hydrogens is 346 g/mol. The summed E-state index contributed by atoms with van der Waals surface area (Å²) in [5.74, 6) is -1.88. The fourth-order valence-electron chi connectivity index (χ4n) is 2.41. The van der Waals surface area contributed by atoms with Gasteiger partial charge in [-0.3, -0.25) is 9.59 Å². The van der Waals surface area contributed by atoms with Crippen LogP contribution in [0.5, 0.6) is 0 Å². The van der Waals surface area contributed by atoms with E-state index in [-0.39, 0.29) is 12.5 Å². The van der Waals surface area contributed by atoms with E-state index in [1.54, 1.807) is 42.5 Å². The topological polar surface area (TPSA) is 98.7 Å². The highest BCUT2D eigenvalue weighted by Crippen LogP contribution is 2.21. The van der Waals surface area contributed by atoms with Crippen LogP contribution in [0.1, 0.15) is 22.8 Å². The second-order valence-corrected chi connectivity index (χ2v) is 6.40. The maximum absolute atomic E-state index is 12.3. The first kappa shape index (κ1) is 20.0. The number of nitrogens with zero attached hydrogens (tertiary/aromatic N) is 1. The molecule has 142 valence electrons. The lowest BCUT2D eigenvalue weighted by Crippen LogP contribution is -2.36. The van der Waals surface area contributed by atoms with Gasteiger partial charge in [0.15, 0.2) is 0 Å². The number of amides is 3. The molecule has 0 heterocycles. The number of benzene rings is 2. The molecule has 2 aromatic carbocycles. The number of aryl methyl sites for hydroxylation is 1. The zero-order valence-electron chi connectivity index (χ0n) is 15.5. The first-order valence-electron chi connectivity index (χ1n) is 8.50. The normalized spacial score (nSPS) is 11.4. The number of carbonyl (C=O) groups excluding carboxylic acids is 2. The molecular formula is C20H23N3O4. The Kier molecular flexibility index (Phi) is 6.54. The van der Waals surface area contributed by atoms with Gasteiger partial charge in [-0.1, -0.05) is 31.2 Å². The maximum Gasteiger partial charge on any atom is 0.321 e. The summed E-state index contributed by atoms with van der Waals surface area (Å²) < 4.78 is 0. The van der Waals surface area contributed by atoms with E-state index in [0.29, 0.717) is 16.9 Å². The molecule has 27 heavy (non-hydrogen) atoms. The number of hydrogen-bond donors (Lipinski definition) is 3. The van der Waals surface area contributed by atoms with Gasteiger partial charge in [-0.05, 0) is 36.8 Å². The maximum atomic E-state index is 12.3. The van der Waals surface area contributed by atoms with Crippen LogP contribution in [0.15, 0.2) is 48.5 Å². The molecule has 0 saturated heterocycles. The van der Waals surface area contributed by atoms with E-state index in [9.17, 15) is 14.4 Å². The van der Waals surface area contributed by atoms with Crippen LogP contribution in [-0.2, 0) is 4.79 Å². The number of rotatable bonds is 6. The van der Waals surface area contributed by atoms with Gasteiger partial charge in [0.1, 0.15) is 0 Å². The molecule has 0 aliphatic rings. The Labute approximate surface area is 158 Å². The molecule has 2 aromatic rings. The number of hydrogen-bond acceptors (Lipinski definition) is 3. The SMILES string of the molecule is Cc1ccc(NC(=O)c2ccccc2)cc1NC(=O)N(C)CC(C)C(=O)O. The van der Waals surface area contributed by atoms with Crippen molar-refractivity contribution in [2.24, 2.45) is 5.92 Å². The second-order valence-electron chi connectivity index (χ2n) is 6.40. The quantitative estimate of drug-likeness (QED) is 0.726. The van der Waals surface area contributed by atoms with Crippen LogP contribution in [0.2, 0.25) is 0 Å². The van der Waals surface area contributed by atoms with Crippen LogP contribution >= 0.6 is 0 Å². The van der Waals surface area contributed by atoms with E-state index in [1.807, 2.05) is 13.0 Å². The molecule has 2 rings (SSSR count). The number of anilines is 2. The van der Waals surface area contributed by atoms with E-state index in [2.05, 4.69) is 10.6 Å². The van der Waals surface area contributed by atoms with Crippen molar-refractivity contribution in [3.63, 3.8) is 0 Å². The molecule has 1 unspecified atom stereocenters. The zero-order valence-corrected chi connectivity index (χ0v) is 15.5. The molecule has 0 aliphatic heterocycles. The number of urea groups is 1. The number of carboxylic acid groups (broad SMARTS) is 1. The van der Waals surface area contributed by atoms with E-state index >= 15 is 0 Å². The zero-order chi connectivity index (χ0) is 20.0. The van der Waals surface area contributed by atoms with E-state index in [1.165, 1.54) is 18.9 Å². The monoisotopic (exact) mass is 369 g/mol. The van der Waals surface area contributed by atoms with Crippen molar-refractivity contribution in [2.45, 2.75) is 13.8 Å². The minimum Gasteiger partial charge on any atom is -0.481 e. The van der Waals surface area contributed by atoms with Crippen molar-refractivity contribution in [1.29, 1.82) is 0 Å². The lowest BCUT2D eigenvalue weighted by molar-refractivity contribution is -0.141. The largest absolute Gasteiger partial charge is 0.481 e. The lowest BCUT2D eigenvalue weighted by atomic mass is 10.1. The lowest BCUT2D eigenvalue weighted by Gasteiger charge is -2.21. The van der Waals surface area contributed by atoms with E-state index in [0.717, 1.165) is 5.56 Å². The summed E-state index contributed by atoms with van der Waals surface area (Å²) in [4.78, 5) is 36.8. The molecule has 0 saturated carbocycles. The molecule has 0 radical (unpaired) electrons. The number of aliphatic carboxylic acids is 1. The first-order chi connectivity index (χ1) is 12.8. The molecule has 3 amide bonds. The molecule has 7 nitrogen and oxygen atoms in total. The van der Waals surface area contributed by atoms with Crippen LogP contribution in [0.3, 0.4) is 0 Å². The van der Waals surface area contributed by atoms with Gasteiger partial charge >= 0.3 is 12.0 Å². The molecule has 1 atom stereocenters. The Hall–Kier alpha value is -3.35. The third kappa shape index (κ3) is 5.57. The highest BCUT2D eigenvalue weighted by Gasteiger charge is 2.18. The number of nitrogens with one attached hydrogen (secondary N) is 2. The first-order valence-corrected chi connectivity index (χ1v) is 8.50. The summed E-state index contributed by atoms with van der Waals surface area (Å²) in [5, 5.41) is 14.5. The minimum atomic E-state index is -0.962. The Bertz CT molecular complexity index is 836. The van der Waals surface area contributed by atoms with E-state index < -0.39 is 17.9 Å². The molecule has 0 bridgehead atoms. The van der Waals surface area contributed by atoms with Crippen molar-refractivity contribution in [3.05, 3.63) is 59.7 Å². The van der Waals surface area contributed by atoms with Gasteiger partial charge in [-0.15, -0.1) is 0 Å². The third-order valence-electron chi connectivity index (χ3n) is 4.09. The molecule has 0 aliphatic carbocycles. The Balaban J connectivity index is 2.07. The summed E-state index contributed by atoms with van der Waals surface area (Å²) in [5.41, 5.74) is 2.44. The third-order valence-corrected chi connectivity index (χ3v) is 4.09. The Morgan fingerprint density at radius 2 is 1.74 bits per heavy atom. The van der Waals surface area contributed by atoms with Crippen molar-refractivity contribution >= 4 is 29.3 Å². The van der Waals surface area contributed by atoms with Crippen LogP contribution in [-0.4, -0.2) is 41.5 Å². The predicted octanol–water partition coefficient (Wildman–Crippen LogP) is 3.43. The smallest absolute Gasteiger partial charge is 0.321 e. The van der Waals surface area contributed by atoms with Crippen LogP contribution in [0.25, 0.3) is 0 Å². The van der Waals surface area contributed by atoms with Gasteiger partial charge in [-0.2, -0.15) is 0 Å². The van der Waals surface area contributed by atoms with Gasteiger partial charge in [-0.25, -0.2) is 4.79 Å². The Morgan fingerprint density at radius 3 is 2.37 bits per heavy atom. The van der Waals surface area contributed by atoms with Gasteiger partial charge in [0.25, 0.3) is 5.91 Å². The van der Waals surface area contributed by atoms with Crippen LogP contribution < -0.4 is 10.6 Å². The molecule has 0 aromatic heterocycles. The van der Waals surface area contributed by atoms with Crippen molar-refractivity contribution in [3.8, 4) is 0 Å². The van der Waals surface area contributed by atoms with Gasteiger partial charge in [0.2, 0.25) is 0 Å². The standard InChI is InChI=1S/C20H23N3O4/c1-13-9-10-16(21-18(24)15-7-5-4-6-8-15)11-17(13)22-20(27)23(3)12-14(2)19(25)26/h4-11,14H,12H2,1-3H3,(H,21,24)(H,22,27)(H,25,26). The second kappa shape index (κ2) is 8.84. The van der Waals surface area contributed by atoms with Gasteiger partial charge < -0.3 is 20.6 Å². The van der Waals surface area contributed by atoms with Crippen molar-refractivity contribution in [1.82, 2.24) is 4.90 Å². The summed E-state index contributed by atoms with van der Waals surface area (Å²) in [6.45, 7) is 3.46. The summed E-state index contributed by atoms with van der Waals surface area (Å²) in [6, 6.07) is 13.6. The summed E-state index contributed by atoms with van der Waals surface area (Å²) in [6.07, 6.45) is 0.